The number of allylic oxidation sites excluding steroid dienone is 4. The van der Waals surface area contributed by atoms with Crippen molar-refractivity contribution in [3.05, 3.63) is 52.6 Å². The molecule has 1 aromatic rings. The average molecular weight is 570 g/mol. The minimum absolute atomic E-state index is 0.0484. The van der Waals surface area contributed by atoms with Gasteiger partial charge in [0.2, 0.25) is 0 Å². The molecule has 5 unspecified atom stereocenters. The number of benzene rings is 1. The minimum atomic E-state index is -3.73. The van der Waals surface area contributed by atoms with Gasteiger partial charge in [-0.2, -0.15) is 0 Å². The van der Waals surface area contributed by atoms with Gasteiger partial charge in [-0.05, 0) is 111 Å². The first-order valence-corrected chi connectivity index (χ1v) is 14.2. The van der Waals surface area contributed by atoms with Crippen LogP contribution in [-0.4, -0.2) is 59.8 Å². The Bertz CT molecular complexity index is 1240. The van der Waals surface area contributed by atoms with Gasteiger partial charge in [-0.25, -0.2) is 4.90 Å². The quantitative estimate of drug-likeness (QED) is 0.213. The second kappa shape index (κ2) is 10.9. The van der Waals surface area contributed by atoms with E-state index in [1.807, 2.05) is 20.8 Å². The number of carbonyl (C=O) groups is 1. The molecule has 7 N–H and O–H groups in total. The van der Waals surface area contributed by atoms with Crippen molar-refractivity contribution in [1.82, 2.24) is 0 Å². The SMILES string of the molecule is C#CC(C)(C)C.CC12CC(c3ccc(N(C(O)(O)O)C(O)(O)O)cc3)C3=C4CCC(=O)C=C4CCC3C1CCC2O. The number of hydrogen-bond donors (Lipinski definition) is 7. The molecule has 9 heteroatoms. The lowest BCUT2D eigenvalue weighted by Crippen LogP contribution is -2.62. The Morgan fingerprint density at radius 3 is 2.05 bits per heavy atom. The highest BCUT2D eigenvalue weighted by Gasteiger charge is 2.56. The first-order chi connectivity index (χ1) is 18.9. The number of anilines is 1. The zero-order valence-corrected chi connectivity index (χ0v) is 24.2. The van der Waals surface area contributed by atoms with Crippen molar-refractivity contribution < 1.29 is 40.5 Å². The van der Waals surface area contributed by atoms with Crippen molar-refractivity contribution >= 4 is 11.5 Å². The molecule has 2 saturated carbocycles. The molecule has 5 rings (SSSR count). The number of carbonyl (C=O) groups excluding carboxylic acids is 1. The van der Waals surface area contributed by atoms with E-state index in [1.54, 1.807) is 18.2 Å². The topological polar surface area (TPSA) is 162 Å². The highest BCUT2D eigenvalue weighted by atomic mass is 16.8. The van der Waals surface area contributed by atoms with Crippen LogP contribution in [0, 0.1) is 35.0 Å². The number of terminal acetylenes is 1. The number of aliphatic hydroxyl groups excluding tert-OH is 1. The van der Waals surface area contributed by atoms with Gasteiger partial charge >= 0.3 is 12.2 Å². The Labute approximate surface area is 241 Å². The molecule has 0 spiro atoms. The van der Waals surface area contributed by atoms with Crippen LogP contribution >= 0.6 is 0 Å². The average Bonchev–Trinajstić information content (AvgIpc) is 3.16. The van der Waals surface area contributed by atoms with Crippen LogP contribution in [0.5, 0.6) is 0 Å². The molecule has 9 nitrogen and oxygen atoms in total. The summed E-state index contributed by atoms with van der Waals surface area (Å²) in [5.41, 5.74) is 4.13. The number of rotatable bonds is 4. The van der Waals surface area contributed by atoms with E-state index < -0.39 is 18.3 Å². The molecule has 1 aromatic carbocycles. The molecule has 0 heterocycles. The zero-order valence-electron chi connectivity index (χ0n) is 24.2. The molecule has 0 radical (unpaired) electrons. The molecule has 5 atom stereocenters. The van der Waals surface area contributed by atoms with E-state index in [0.29, 0.717) is 31.1 Å². The third-order valence-electron chi connectivity index (χ3n) is 9.27. The second-order valence-electron chi connectivity index (χ2n) is 13.2. The van der Waals surface area contributed by atoms with Crippen LogP contribution in [0.3, 0.4) is 0 Å². The molecule has 224 valence electrons. The van der Waals surface area contributed by atoms with Crippen LogP contribution in [0.15, 0.2) is 47.1 Å². The third-order valence-corrected chi connectivity index (χ3v) is 9.27. The summed E-state index contributed by atoms with van der Waals surface area (Å²) in [4.78, 5) is 12.0. The Kier molecular flexibility index (Phi) is 8.37. The van der Waals surface area contributed by atoms with Gasteiger partial charge in [0.1, 0.15) is 0 Å². The molecule has 0 saturated heterocycles. The summed E-state index contributed by atoms with van der Waals surface area (Å²) in [6.07, 6.45) is 4.39. The fourth-order valence-corrected chi connectivity index (χ4v) is 7.33. The predicted molar refractivity (Wildman–Crippen MR) is 152 cm³/mol. The molecule has 0 bridgehead atoms. The second-order valence-corrected chi connectivity index (χ2v) is 13.2. The maximum Gasteiger partial charge on any atom is 0.375 e. The summed E-state index contributed by atoms with van der Waals surface area (Å²) >= 11 is 0. The fourth-order valence-electron chi connectivity index (χ4n) is 7.33. The van der Waals surface area contributed by atoms with Gasteiger partial charge in [-0.3, -0.25) is 4.79 Å². The number of nitrogens with zero attached hydrogens (tertiary/aromatic N) is 1. The van der Waals surface area contributed by atoms with Gasteiger partial charge in [0, 0.05) is 17.8 Å². The fraction of sp³-hybridized carbons (Fsp3) is 0.594. The van der Waals surface area contributed by atoms with Crippen LogP contribution in [-0.2, 0) is 4.79 Å². The Morgan fingerprint density at radius 2 is 1.51 bits per heavy atom. The van der Waals surface area contributed by atoms with Gasteiger partial charge in [0.15, 0.2) is 5.78 Å². The summed E-state index contributed by atoms with van der Waals surface area (Å²) in [5.74, 6) is 3.37. The van der Waals surface area contributed by atoms with Crippen molar-refractivity contribution in [3.8, 4) is 12.3 Å². The Balaban J connectivity index is 0.000000585. The molecule has 4 aliphatic rings. The Hall–Kier alpha value is -2.55. The van der Waals surface area contributed by atoms with E-state index in [2.05, 4.69) is 12.8 Å². The minimum Gasteiger partial charge on any atom is -0.393 e. The van der Waals surface area contributed by atoms with Crippen LogP contribution in [0.1, 0.15) is 84.1 Å². The van der Waals surface area contributed by atoms with E-state index in [1.165, 1.54) is 23.3 Å². The van der Waals surface area contributed by atoms with E-state index in [0.717, 1.165) is 36.8 Å². The highest BCUT2D eigenvalue weighted by Crippen LogP contribution is 2.63. The molecule has 41 heavy (non-hydrogen) atoms. The van der Waals surface area contributed by atoms with Gasteiger partial charge < -0.3 is 35.7 Å². The lowest BCUT2D eigenvalue weighted by Gasteiger charge is -2.52. The van der Waals surface area contributed by atoms with E-state index in [4.69, 9.17) is 6.42 Å². The largest absolute Gasteiger partial charge is 0.393 e. The molecular formula is C32H43NO8. The van der Waals surface area contributed by atoms with Crippen LogP contribution in [0.4, 0.5) is 5.69 Å². The van der Waals surface area contributed by atoms with Crippen molar-refractivity contribution in [3.63, 3.8) is 0 Å². The monoisotopic (exact) mass is 569 g/mol. The first-order valence-electron chi connectivity index (χ1n) is 14.2. The van der Waals surface area contributed by atoms with Crippen LogP contribution in [0.25, 0.3) is 0 Å². The lowest BCUT2D eigenvalue weighted by molar-refractivity contribution is -0.395. The predicted octanol–water partition coefficient (Wildman–Crippen LogP) is 2.60. The normalized spacial score (nSPS) is 29.8. The molecule has 0 aromatic heterocycles. The van der Waals surface area contributed by atoms with Gasteiger partial charge in [-0.15, -0.1) is 12.3 Å². The molecule has 2 fully saturated rings. The first kappa shape index (κ1) is 31.4. The van der Waals surface area contributed by atoms with Crippen molar-refractivity contribution in [1.29, 1.82) is 0 Å². The van der Waals surface area contributed by atoms with Gasteiger partial charge in [0.25, 0.3) is 0 Å². The van der Waals surface area contributed by atoms with Gasteiger partial charge in [0.05, 0.1) is 11.8 Å². The molecule has 0 aliphatic heterocycles. The van der Waals surface area contributed by atoms with Gasteiger partial charge in [-0.1, -0.05) is 24.6 Å². The number of hydrogen-bond acceptors (Lipinski definition) is 9. The Morgan fingerprint density at radius 1 is 0.927 bits per heavy atom. The van der Waals surface area contributed by atoms with Crippen molar-refractivity contribution in [2.45, 2.75) is 96.9 Å². The summed E-state index contributed by atoms with van der Waals surface area (Å²) in [7, 11) is 0. The highest BCUT2D eigenvalue weighted by molar-refractivity contribution is 5.93. The summed E-state index contributed by atoms with van der Waals surface area (Å²) in [6, 6.07) is 6.08. The summed E-state index contributed by atoms with van der Waals surface area (Å²) in [5, 5.41) is 68.2. The maximum absolute atomic E-state index is 12.1. The zero-order chi connectivity index (χ0) is 30.5. The third kappa shape index (κ3) is 6.30. The molecule has 4 aliphatic carbocycles. The van der Waals surface area contributed by atoms with E-state index in [-0.39, 0.29) is 33.1 Å². The maximum atomic E-state index is 12.1. The number of ketones is 1. The van der Waals surface area contributed by atoms with Crippen LogP contribution < -0.4 is 4.90 Å². The summed E-state index contributed by atoms with van der Waals surface area (Å²) in [6.45, 7) is 8.18. The molecule has 0 amide bonds. The van der Waals surface area contributed by atoms with Crippen molar-refractivity contribution in [2.24, 2.45) is 22.7 Å². The summed E-state index contributed by atoms with van der Waals surface area (Å²) < 4.78 is 0. The lowest BCUT2D eigenvalue weighted by atomic mass is 9.53. The van der Waals surface area contributed by atoms with Crippen molar-refractivity contribution in [2.75, 3.05) is 4.90 Å². The smallest absolute Gasteiger partial charge is 0.375 e. The standard InChI is InChI=1S/C26H33NO8.C6H10/c1-24-13-20(14-2-5-16(6-3-14)27(25(30,31)32)26(33,34)35)23-18-9-7-17(28)12-15(18)4-8-19(23)21(24)10-11-22(24)29;1-5-6(2,3)4/h2-3,5-6,12,19-22,29-35H,4,7-11,13H2,1H3;1H,2-4H3. The van der Waals surface area contributed by atoms with E-state index in [9.17, 15) is 40.5 Å². The number of fused-ring (bicyclic) bond motifs is 4. The molecular weight excluding hydrogens is 526 g/mol. The van der Waals surface area contributed by atoms with E-state index >= 15 is 0 Å². The van der Waals surface area contributed by atoms with Crippen LogP contribution in [0.2, 0.25) is 0 Å². The number of aliphatic hydroxyl groups is 7.